The van der Waals surface area contributed by atoms with E-state index in [2.05, 4.69) is 40.3 Å². The highest BCUT2D eigenvalue weighted by Crippen LogP contribution is 2.32. The normalized spacial score (nSPS) is 27.0. The standard InChI is InChI=1S/C26H31N3O3S/c30-23-6-3-4-20(23)18-25(31)29-16-14-28(15-17-29)13-12-19-8-10-21(11-9-19)32-26-27-22-5-1-2-7-24(22)33-26/h1-2,5,7-11,20,22,24H,3-4,6,12-18H2. The Balaban J connectivity index is 1.03. The van der Waals surface area contributed by atoms with Crippen LogP contribution in [0.25, 0.3) is 0 Å². The van der Waals surface area contributed by atoms with Gasteiger partial charge in [-0.15, -0.1) is 0 Å². The van der Waals surface area contributed by atoms with Gasteiger partial charge in [0.1, 0.15) is 11.5 Å². The summed E-state index contributed by atoms with van der Waals surface area (Å²) in [5.41, 5.74) is 1.28. The number of carbonyl (C=O) groups is 2. The first-order valence-electron chi connectivity index (χ1n) is 12.0. The average molecular weight is 466 g/mol. The lowest BCUT2D eigenvalue weighted by molar-refractivity contribution is -0.136. The quantitative estimate of drug-likeness (QED) is 0.644. The van der Waals surface area contributed by atoms with Crippen LogP contribution in [0.5, 0.6) is 5.75 Å². The minimum absolute atomic E-state index is 0.0281. The van der Waals surface area contributed by atoms with E-state index in [0.29, 0.717) is 18.1 Å². The topological polar surface area (TPSA) is 62.2 Å². The first kappa shape index (κ1) is 22.4. The molecule has 5 rings (SSSR count). The number of fused-ring (bicyclic) bond motifs is 1. The van der Waals surface area contributed by atoms with Crippen LogP contribution in [0.15, 0.2) is 53.6 Å². The molecular formula is C26H31N3O3S. The van der Waals surface area contributed by atoms with Crippen LogP contribution >= 0.6 is 11.8 Å². The van der Waals surface area contributed by atoms with Crippen LogP contribution in [0.3, 0.4) is 0 Å². The zero-order valence-electron chi connectivity index (χ0n) is 18.9. The van der Waals surface area contributed by atoms with E-state index in [9.17, 15) is 9.59 Å². The summed E-state index contributed by atoms with van der Waals surface area (Å²) in [4.78, 5) is 33.4. The van der Waals surface area contributed by atoms with Crippen molar-refractivity contribution in [1.82, 2.24) is 9.80 Å². The van der Waals surface area contributed by atoms with E-state index in [-0.39, 0.29) is 23.7 Å². The second-order valence-electron chi connectivity index (χ2n) is 9.22. The molecule has 174 valence electrons. The molecule has 2 aliphatic carbocycles. The molecule has 0 radical (unpaired) electrons. The molecule has 1 saturated carbocycles. The third-order valence-electron chi connectivity index (χ3n) is 6.97. The fourth-order valence-electron chi connectivity index (χ4n) is 4.90. The molecule has 0 spiro atoms. The Morgan fingerprint density at radius 2 is 1.88 bits per heavy atom. The Morgan fingerprint density at radius 1 is 1.09 bits per heavy atom. The van der Waals surface area contributed by atoms with Crippen molar-refractivity contribution >= 4 is 28.7 Å². The molecular weight excluding hydrogens is 434 g/mol. The number of ketones is 1. The summed E-state index contributed by atoms with van der Waals surface area (Å²) in [5.74, 6) is 1.23. The zero-order chi connectivity index (χ0) is 22.6. The molecule has 1 amide bonds. The first-order chi connectivity index (χ1) is 16.1. The lowest BCUT2D eigenvalue weighted by Gasteiger charge is -2.35. The number of ether oxygens (including phenoxy) is 1. The number of aliphatic imine (C=N–C) groups is 1. The van der Waals surface area contributed by atoms with Crippen molar-refractivity contribution < 1.29 is 14.3 Å². The van der Waals surface area contributed by atoms with Crippen LogP contribution in [-0.2, 0) is 16.0 Å². The van der Waals surface area contributed by atoms with Gasteiger partial charge in [0.05, 0.1) is 11.3 Å². The maximum atomic E-state index is 12.5. The lowest BCUT2D eigenvalue weighted by atomic mass is 10.0. The molecule has 0 bridgehead atoms. The van der Waals surface area contributed by atoms with Gasteiger partial charge in [-0.25, -0.2) is 4.99 Å². The minimum atomic E-state index is -0.0281. The largest absolute Gasteiger partial charge is 0.434 e. The predicted molar refractivity (Wildman–Crippen MR) is 132 cm³/mol. The van der Waals surface area contributed by atoms with Gasteiger partial charge < -0.3 is 9.64 Å². The predicted octanol–water partition coefficient (Wildman–Crippen LogP) is 3.48. The van der Waals surface area contributed by atoms with Crippen molar-refractivity contribution in [3.63, 3.8) is 0 Å². The summed E-state index contributed by atoms with van der Waals surface area (Å²) in [7, 11) is 0. The highest BCUT2D eigenvalue weighted by Gasteiger charge is 2.30. The van der Waals surface area contributed by atoms with E-state index >= 15 is 0 Å². The van der Waals surface area contributed by atoms with Gasteiger partial charge in [0, 0.05) is 51.5 Å². The van der Waals surface area contributed by atoms with Gasteiger partial charge >= 0.3 is 0 Å². The second-order valence-corrected chi connectivity index (χ2v) is 10.3. The summed E-state index contributed by atoms with van der Waals surface area (Å²) in [6, 6.07) is 8.48. The molecule has 1 aromatic carbocycles. The number of benzene rings is 1. The molecule has 33 heavy (non-hydrogen) atoms. The Bertz CT molecular complexity index is 963. The SMILES string of the molecule is O=C1CCCC1CC(=O)N1CCN(CCc2ccc(OC3=NC4C=CC=CC4S3)cc2)CC1. The number of allylic oxidation sites excluding steroid dienone is 2. The van der Waals surface area contributed by atoms with Crippen LogP contribution in [0.2, 0.25) is 0 Å². The van der Waals surface area contributed by atoms with Crippen molar-refractivity contribution in [3.05, 3.63) is 54.1 Å². The average Bonchev–Trinajstić information content (AvgIpc) is 3.44. The van der Waals surface area contributed by atoms with E-state index in [1.54, 1.807) is 11.8 Å². The fourth-order valence-corrected chi connectivity index (χ4v) is 5.92. The van der Waals surface area contributed by atoms with E-state index in [0.717, 1.165) is 63.0 Å². The molecule has 1 saturated heterocycles. The van der Waals surface area contributed by atoms with E-state index in [1.165, 1.54) is 5.56 Å². The van der Waals surface area contributed by atoms with Crippen LogP contribution in [0.1, 0.15) is 31.2 Å². The number of Topliss-reactive ketones (excluding diaryl/α,β-unsaturated/α-hetero) is 1. The molecule has 2 heterocycles. The molecule has 0 aromatic heterocycles. The fraction of sp³-hybridized carbons (Fsp3) is 0.500. The second kappa shape index (κ2) is 10.3. The molecule has 3 atom stereocenters. The molecule has 6 nitrogen and oxygen atoms in total. The number of thioether (sulfide) groups is 1. The number of piperazine rings is 1. The lowest BCUT2D eigenvalue weighted by Crippen LogP contribution is -2.49. The molecule has 4 aliphatic rings. The highest BCUT2D eigenvalue weighted by atomic mass is 32.2. The van der Waals surface area contributed by atoms with E-state index in [4.69, 9.17) is 4.74 Å². The van der Waals surface area contributed by atoms with Crippen LogP contribution in [0.4, 0.5) is 0 Å². The molecule has 2 fully saturated rings. The van der Waals surface area contributed by atoms with Gasteiger partial charge in [-0.3, -0.25) is 14.5 Å². The summed E-state index contributed by atoms with van der Waals surface area (Å²) >= 11 is 1.67. The molecule has 2 aliphatic heterocycles. The van der Waals surface area contributed by atoms with Gasteiger partial charge in [-0.2, -0.15) is 0 Å². The number of amides is 1. The number of rotatable bonds is 6. The van der Waals surface area contributed by atoms with Gasteiger partial charge in [0.25, 0.3) is 5.23 Å². The van der Waals surface area contributed by atoms with E-state index in [1.807, 2.05) is 23.1 Å². The maximum absolute atomic E-state index is 12.5. The number of hydrogen-bond donors (Lipinski definition) is 0. The summed E-state index contributed by atoms with van der Waals surface area (Å²) in [6.07, 6.45) is 12.3. The van der Waals surface area contributed by atoms with Crippen LogP contribution in [0, 0.1) is 5.92 Å². The van der Waals surface area contributed by atoms with Crippen molar-refractivity contribution in [2.75, 3.05) is 32.7 Å². The third kappa shape index (κ3) is 5.58. The van der Waals surface area contributed by atoms with Crippen LogP contribution < -0.4 is 4.74 Å². The summed E-state index contributed by atoms with van der Waals surface area (Å²) in [5, 5.41) is 1.09. The maximum Gasteiger partial charge on any atom is 0.252 e. The summed E-state index contributed by atoms with van der Waals surface area (Å²) < 4.78 is 5.98. The van der Waals surface area contributed by atoms with Crippen molar-refractivity contribution in [1.29, 1.82) is 0 Å². The number of nitrogens with zero attached hydrogens (tertiary/aromatic N) is 3. The Labute approximate surface area is 199 Å². The molecule has 0 N–H and O–H groups in total. The van der Waals surface area contributed by atoms with Crippen LogP contribution in [-0.4, -0.2) is 70.7 Å². The van der Waals surface area contributed by atoms with Gasteiger partial charge in [0.2, 0.25) is 5.91 Å². The monoisotopic (exact) mass is 465 g/mol. The smallest absolute Gasteiger partial charge is 0.252 e. The van der Waals surface area contributed by atoms with Crippen molar-refractivity contribution in [3.8, 4) is 5.75 Å². The van der Waals surface area contributed by atoms with Crippen molar-refractivity contribution in [2.24, 2.45) is 10.9 Å². The zero-order valence-corrected chi connectivity index (χ0v) is 19.7. The van der Waals surface area contributed by atoms with Crippen molar-refractivity contribution in [2.45, 2.75) is 43.4 Å². The summed E-state index contributed by atoms with van der Waals surface area (Å²) in [6.45, 7) is 4.30. The Kier molecular flexibility index (Phi) is 6.97. The van der Waals surface area contributed by atoms with E-state index < -0.39 is 0 Å². The third-order valence-corrected chi connectivity index (χ3v) is 8.07. The van der Waals surface area contributed by atoms with Gasteiger partial charge in [-0.05, 0) is 37.0 Å². The molecule has 7 heteroatoms. The number of carbonyl (C=O) groups excluding carboxylic acids is 2. The minimum Gasteiger partial charge on any atom is -0.434 e. The van der Waals surface area contributed by atoms with Gasteiger partial charge in [-0.1, -0.05) is 48.2 Å². The number of hydrogen-bond acceptors (Lipinski definition) is 6. The Hall–Kier alpha value is -2.38. The molecule has 3 unspecified atom stereocenters. The van der Waals surface area contributed by atoms with Gasteiger partial charge in [0.15, 0.2) is 0 Å². The Morgan fingerprint density at radius 3 is 2.61 bits per heavy atom. The molecule has 1 aromatic rings. The highest BCUT2D eigenvalue weighted by molar-refractivity contribution is 8.14. The first-order valence-corrected chi connectivity index (χ1v) is 12.9.